The molecule has 7 heteroatoms. The van der Waals surface area contributed by atoms with E-state index in [0.29, 0.717) is 28.3 Å². The number of hydrogen-bond acceptors (Lipinski definition) is 4. The number of allylic oxidation sites excluding steroid dienone is 1. The fourth-order valence-corrected chi connectivity index (χ4v) is 4.62. The standard InChI is InChI=1S/C27H26ClN3O3/c1-30-12-3-13-31(15-14-30)27(33)19-5-2-4-18(16-19)25-11-8-21(34-25)7-9-22-23-17-20(28)6-10-24(23)29-26(22)32/h2,4-6,8-11,16-17H,3,7,12-15H2,1H3,(H,29,32)/b22-9+. The zero-order valence-electron chi connectivity index (χ0n) is 19.0. The van der Waals surface area contributed by atoms with Crippen molar-refractivity contribution < 1.29 is 14.0 Å². The summed E-state index contributed by atoms with van der Waals surface area (Å²) in [5, 5.41) is 3.44. The first-order chi connectivity index (χ1) is 16.5. The number of nitrogens with zero attached hydrogens (tertiary/aromatic N) is 2. The average molecular weight is 476 g/mol. The van der Waals surface area contributed by atoms with Crippen LogP contribution in [0.3, 0.4) is 0 Å². The normalized spacial score (nSPS) is 17.5. The summed E-state index contributed by atoms with van der Waals surface area (Å²) in [5.74, 6) is 1.34. The van der Waals surface area contributed by atoms with Crippen LogP contribution in [0.15, 0.2) is 65.1 Å². The Bertz CT molecular complexity index is 1280. The van der Waals surface area contributed by atoms with Crippen LogP contribution in [0.5, 0.6) is 0 Å². The van der Waals surface area contributed by atoms with Gasteiger partial charge in [-0.3, -0.25) is 9.59 Å². The van der Waals surface area contributed by atoms with Crippen molar-refractivity contribution in [2.24, 2.45) is 0 Å². The SMILES string of the molecule is CN1CCCN(C(=O)c2cccc(-c3ccc(C/C=C4/C(=O)Nc5ccc(Cl)cc54)o3)c2)CC1. The molecule has 1 aromatic heterocycles. The number of carbonyl (C=O) groups is 2. The molecule has 0 aliphatic carbocycles. The van der Waals surface area contributed by atoms with Gasteiger partial charge in [-0.15, -0.1) is 0 Å². The van der Waals surface area contributed by atoms with E-state index in [1.807, 2.05) is 47.4 Å². The van der Waals surface area contributed by atoms with Gasteiger partial charge in [-0.25, -0.2) is 0 Å². The number of halogens is 1. The maximum absolute atomic E-state index is 13.1. The molecule has 2 aliphatic heterocycles. The van der Waals surface area contributed by atoms with E-state index in [2.05, 4.69) is 17.3 Å². The van der Waals surface area contributed by atoms with E-state index < -0.39 is 0 Å². The fourth-order valence-electron chi connectivity index (χ4n) is 4.45. The molecule has 3 aromatic rings. The first-order valence-electron chi connectivity index (χ1n) is 11.5. The number of amides is 2. The maximum atomic E-state index is 13.1. The molecule has 1 fully saturated rings. The zero-order valence-corrected chi connectivity index (χ0v) is 19.8. The Morgan fingerprint density at radius 3 is 2.85 bits per heavy atom. The molecule has 0 spiro atoms. The smallest absolute Gasteiger partial charge is 0.256 e. The van der Waals surface area contributed by atoms with E-state index in [4.69, 9.17) is 16.0 Å². The molecule has 0 radical (unpaired) electrons. The van der Waals surface area contributed by atoms with E-state index >= 15 is 0 Å². The fraction of sp³-hybridized carbons (Fsp3) is 0.259. The summed E-state index contributed by atoms with van der Waals surface area (Å²) >= 11 is 6.11. The second-order valence-electron chi connectivity index (χ2n) is 8.76. The predicted octanol–water partition coefficient (Wildman–Crippen LogP) is 4.96. The number of carbonyl (C=O) groups excluding carboxylic acids is 2. The molecule has 0 bridgehead atoms. The molecular weight excluding hydrogens is 450 g/mol. The molecule has 34 heavy (non-hydrogen) atoms. The van der Waals surface area contributed by atoms with Crippen LogP contribution in [0.25, 0.3) is 16.9 Å². The zero-order chi connectivity index (χ0) is 23.7. The number of hydrogen-bond donors (Lipinski definition) is 1. The van der Waals surface area contributed by atoms with Crippen LogP contribution in [0.1, 0.15) is 28.1 Å². The number of benzene rings is 2. The van der Waals surface area contributed by atoms with Crippen LogP contribution >= 0.6 is 11.6 Å². The molecule has 174 valence electrons. The van der Waals surface area contributed by atoms with Gasteiger partial charge in [-0.2, -0.15) is 0 Å². The predicted molar refractivity (Wildman–Crippen MR) is 134 cm³/mol. The van der Waals surface area contributed by atoms with Crippen molar-refractivity contribution >= 4 is 34.7 Å². The van der Waals surface area contributed by atoms with Crippen molar-refractivity contribution in [3.63, 3.8) is 0 Å². The van der Waals surface area contributed by atoms with Gasteiger partial charge in [-0.05, 0) is 62.5 Å². The van der Waals surface area contributed by atoms with E-state index in [1.165, 1.54) is 0 Å². The number of fused-ring (bicyclic) bond motifs is 1. The molecule has 0 saturated carbocycles. The second kappa shape index (κ2) is 9.49. The van der Waals surface area contributed by atoms with Crippen LogP contribution in [-0.2, 0) is 11.2 Å². The largest absolute Gasteiger partial charge is 0.461 e. The molecule has 1 saturated heterocycles. The van der Waals surface area contributed by atoms with Crippen LogP contribution < -0.4 is 5.32 Å². The van der Waals surface area contributed by atoms with Crippen molar-refractivity contribution in [2.45, 2.75) is 12.8 Å². The summed E-state index contributed by atoms with van der Waals surface area (Å²) in [6.07, 6.45) is 3.30. The second-order valence-corrected chi connectivity index (χ2v) is 9.20. The molecule has 1 N–H and O–H groups in total. The van der Waals surface area contributed by atoms with Crippen molar-refractivity contribution in [1.29, 1.82) is 0 Å². The molecule has 5 rings (SSSR count). The minimum Gasteiger partial charge on any atom is -0.461 e. The first-order valence-corrected chi connectivity index (χ1v) is 11.8. The number of nitrogens with one attached hydrogen (secondary N) is 1. The highest BCUT2D eigenvalue weighted by atomic mass is 35.5. The average Bonchev–Trinajstić information content (AvgIpc) is 3.36. The van der Waals surface area contributed by atoms with Gasteiger partial charge < -0.3 is 19.5 Å². The first kappa shape index (κ1) is 22.4. The molecule has 0 atom stereocenters. The van der Waals surface area contributed by atoms with Gasteiger partial charge in [0.25, 0.3) is 11.8 Å². The molecule has 2 aliphatic rings. The molecule has 2 amide bonds. The van der Waals surface area contributed by atoms with Gasteiger partial charge in [0.2, 0.25) is 0 Å². The van der Waals surface area contributed by atoms with E-state index in [0.717, 1.165) is 55.2 Å². The Morgan fingerprint density at radius 2 is 1.97 bits per heavy atom. The molecule has 2 aromatic carbocycles. The van der Waals surface area contributed by atoms with Gasteiger partial charge in [-0.1, -0.05) is 29.8 Å². The summed E-state index contributed by atoms with van der Waals surface area (Å²) in [6, 6.07) is 16.7. The van der Waals surface area contributed by atoms with E-state index in [-0.39, 0.29) is 11.8 Å². The third-order valence-electron chi connectivity index (χ3n) is 6.33. The van der Waals surface area contributed by atoms with Gasteiger partial charge in [0.05, 0.1) is 0 Å². The highest BCUT2D eigenvalue weighted by molar-refractivity contribution is 6.34. The Hall–Kier alpha value is -3.35. The molecule has 6 nitrogen and oxygen atoms in total. The Morgan fingerprint density at radius 1 is 1.09 bits per heavy atom. The Kier molecular flexibility index (Phi) is 6.26. The van der Waals surface area contributed by atoms with Crippen molar-refractivity contribution in [1.82, 2.24) is 9.80 Å². The Balaban J connectivity index is 1.32. The minimum atomic E-state index is -0.144. The summed E-state index contributed by atoms with van der Waals surface area (Å²) in [7, 11) is 2.09. The summed E-state index contributed by atoms with van der Waals surface area (Å²) in [5.41, 5.74) is 3.67. The van der Waals surface area contributed by atoms with E-state index in [1.54, 1.807) is 18.2 Å². The third kappa shape index (κ3) is 4.65. The van der Waals surface area contributed by atoms with Crippen LogP contribution in [-0.4, -0.2) is 54.8 Å². The van der Waals surface area contributed by atoms with Crippen molar-refractivity contribution in [2.75, 3.05) is 38.5 Å². The monoisotopic (exact) mass is 475 g/mol. The Labute approximate surface area is 203 Å². The lowest BCUT2D eigenvalue weighted by atomic mass is 10.1. The lowest BCUT2D eigenvalue weighted by molar-refractivity contribution is -0.110. The highest BCUT2D eigenvalue weighted by Gasteiger charge is 2.24. The number of likely N-dealkylation sites (N-methyl/N-ethyl adjacent to an activating group) is 1. The molecule has 0 unspecified atom stereocenters. The number of furan rings is 1. The number of anilines is 1. The third-order valence-corrected chi connectivity index (χ3v) is 6.57. The van der Waals surface area contributed by atoms with Crippen LogP contribution in [0.4, 0.5) is 5.69 Å². The number of rotatable bonds is 4. The van der Waals surface area contributed by atoms with Gasteiger partial charge in [0.15, 0.2) is 0 Å². The van der Waals surface area contributed by atoms with Gasteiger partial charge >= 0.3 is 0 Å². The molecular formula is C27H26ClN3O3. The van der Waals surface area contributed by atoms with Crippen molar-refractivity contribution in [3.8, 4) is 11.3 Å². The van der Waals surface area contributed by atoms with Gasteiger partial charge in [0, 0.05) is 59.0 Å². The lowest BCUT2D eigenvalue weighted by Gasteiger charge is -2.20. The molecule has 3 heterocycles. The van der Waals surface area contributed by atoms with Gasteiger partial charge in [0.1, 0.15) is 11.5 Å². The summed E-state index contributed by atoms with van der Waals surface area (Å²) in [4.78, 5) is 29.6. The summed E-state index contributed by atoms with van der Waals surface area (Å²) in [6.45, 7) is 3.41. The van der Waals surface area contributed by atoms with Crippen LogP contribution in [0.2, 0.25) is 5.02 Å². The highest BCUT2D eigenvalue weighted by Crippen LogP contribution is 2.34. The van der Waals surface area contributed by atoms with Crippen LogP contribution in [0, 0.1) is 0 Å². The van der Waals surface area contributed by atoms with Crippen molar-refractivity contribution in [3.05, 3.63) is 82.6 Å². The quantitative estimate of drug-likeness (QED) is 0.542. The lowest BCUT2D eigenvalue weighted by Crippen LogP contribution is -2.34. The maximum Gasteiger partial charge on any atom is 0.256 e. The topological polar surface area (TPSA) is 65.8 Å². The minimum absolute atomic E-state index is 0.0539. The summed E-state index contributed by atoms with van der Waals surface area (Å²) < 4.78 is 6.06. The van der Waals surface area contributed by atoms with E-state index in [9.17, 15) is 9.59 Å².